The molecule has 1 aromatic carbocycles. The average molecular weight is 388 g/mol. The lowest BCUT2D eigenvalue weighted by Crippen LogP contribution is -2.54. The zero-order valence-corrected chi connectivity index (χ0v) is 17.1. The Bertz CT molecular complexity index is 743. The van der Waals surface area contributed by atoms with Gasteiger partial charge in [-0.15, -0.1) is 0 Å². The molecule has 1 aromatic heterocycles. The molecular weight excluding hydrogens is 358 g/mol. The fourth-order valence-corrected chi connectivity index (χ4v) is 4.89. The van der Waals surface area contributed by atoms with E-state index in [1.165, 1.54) is 4.70 Å². The summed E-state index contributed by atoms with van der Waals surface area (Å²) >= 11 is 1.76. The molecule has 3 heterocycles. The van der Waals surface area contributed by atoms with Crippen LogP contribution in [0.4, 0.5) is 5.13 Å². The van der Waals surface area contributed by atoms with E-state index in [1.54, 1.807) is 11.3 Å². The molecule has 0 bridgehead atoms. The fraction of sp³-hybridized carbons (Fsp3) is 0.600. The van der Waals surface area contributed by atoms with Gasteiger partial charge in [-0.05, 0) is 26.0 Å². The lowest BCUT2D eigenvalue weighted by Gasteiger charge is -2.39. The Kier molecular flexibility index (Phi) is 5.61. The Labute approximate surface area is 165 Å². The number of anilines is 1. The Morgan fingerprint density at radius 1 is 1.04 bits per heavy atom. The van der Waals surface area contributed by atoms with E-state index in [0.29, 0.717) is 12.6 Å². The summed E-state index contributed by atoms with van der Waals surface area (Å²) in [6.45, 7) is 12.4. The van der Waals surface area contributed by atoms with E-state index in [1.807, 2.05) is 11.0 Å². The van der Waals surface area contributed by atoms with Gasteiger partial charge < -0.3 is 9.80 Å². The third kappa shape index (κ3) is 4.25. The lowest BCUT2D eigenvalue weighted by atomic mass is 10.2. The van der Waals surface area contributed by atoms with Crippen LogP contribution in [0.1, 0.15) is 13.8 Å². The van der Waals surface area contributed by atoms with Crippen molar-refractivity contribution in [3.05, 3.63) is 24.3 Å². The second kappa shape index (κ2) is 8.12. The molecule has 0 spiro atoms. The van der Waals surface area contributed by atoms with Gasteiger partial charge >= 0.3 is 0 Å². The number of piperazine rings is 2. The number of benzene rings is 1. The highest BCUT2D eigenvalue weighted by atomic mass is 32.1. The van der Waals surface area contributed by atoms with Crippen LogP contribution in [0.5, 0.6) is 0 Å². The molecule has 0 atom stereocenters. The SMILES string of the molecule is CC(C)N1CCN(C(=O)CN2CCN(c3nc4ccccc4s3)CC2)CC1. The van der Waals surface area contributed by atoms with Crippen molar-refractivity contribution < 1.29 is 4.79 Å². The highest BCUT2D eigenvalue weighted by Crippen LogP contribution is 2.29. The molecule has 0 saturated carbocycles. The van der Waals surface area contributed by atoms with Gasteiger partial charge in [0, 0.05) is 58.4 Å². The number of thiazole rings is 1. The van der Waals surface area contributed by atoms with Crippen LogP contribution in [0.25, 0.3) is 10.2 Å². The van der Waals surface area contributed by atoms with Crippen molar-refractivity contribution >= 4 is 32.6 Å². The van der Waals surface area contributed by atoms with Gasteiger partial charge in [0.05, 0.1) is 16.8 Å². The molecular formula is C20H29N5OS. The molecule has 6 nitrogen and oxygen atoms in total. The summed E-state index contributed by atoms with van der Waals surface area (Å²) in [6.07, 6.45) is 0. The fourth-order valence-electron chi connectivity index (χ4n) is 3.87. The molecule has 0 radical (unpaired) electrons. The van der Waals surface area contributed by atoms with Gasteiger partial charge in [-0.2, -0.15) is 0 Å². The number of nitrogens with zero attached hydrogens (tertiary/aromatic N) is 5. The van der Waals surface area contributed by atoms with Gasteiger partial charge in [-0.3, -0.25) is 14.6 Å². The van der Waals surface area contributed by atoms with Gasteiger partial charge in [-0.1, -0.05) is 23.5 Å². The Morgan fingerprint density at radius 2 is 1.74 bits per heavy atom. The van der Waals surface area contributed by atoms with Crippen molar-refractivity contribution in [2.75, 3.05) is 63.8 Å². The molecule has 2 fully saturated rings. The molecule has 0 N–H and O–H groups in total. The minimum absolute atomic E-state index is 0.284. The van der Waals surface area contributed by atoms with Gasteiger partial charge in [0.2, 0.25) is 5.91 Å². The van der Waals surface area contributed by atoms with Gasteiger partial charge in [0.25, 0.3) is 0 Å². The minimum atomic E-state index is 0.284. The van der Waals surface area contributed by atoms with E-state index in [2.05, 4.69) is 46.7 Å². The zero-order valence-electron chi connectivity index (χ0n) is 16.3. The normalized spacial score (nSPS) is 20.0. The molecule has 146 valence electrons. The third-order valence-electron chi connectivity index (χ3n) is 5.68. The summed E-state index contributed by atoms with van der Waals surface area (Å²) in [5, 5.41) is 1.10. The summed E-state index contributed by atoms with van der Waals surface area (Å²) in [6, 6.07) is 8.87. The smallest absolute Gasteiger partial charge is 0.236 e. The van der Waals surface area contributed by atoms with Crippen LogP contribution >= 0.6 is 11.3 Å². The number of hydrogen-bond acceptors (Lipinski definition) is 6. The molecule has 4 rings (SSSR count). The first kappa shape index (κ1) is 18.7. The third-order valence-corrected chi connectivity index (χ3v) is 6.78. The van der Waals surface area contributed by atoms with E-state index < -0.39 is 0 Å². The number of rotatable bonds is 4. The number of fused-ring (bicyclic) bond motifs is 1. The first-order valence-corrected chi connectivity index (χ1v) is 10.8. The molecule has 2 aliphatic rings. The van der Waals surface area contributed by atoms with E-state index in [9.17, 15) is 4.79 Å². The second-order valence-electron chi connectivity index (χ2n) is 7.74. The number of para-hydroxylation sites is 1. The molecule has 2 saturated heterocycles. The molecule has 2 aliphatic heterocycles. The van der Waals surface area contributed by atoms with Gasteiger partial charge in [0.15, 0.2) is 5.13 Å². The Balaban J connectivity index is 1.26. The molecule has 27 heavy (non-hydrogen) atoms. The van der Waals surface area contributed by atoms with Gasteiger partial charge in [-0.25, -0.2) is 4.98 Å². The summed E-state index contributed by atoms with van der Waals surface area (Å²) < 4.78 is 1.24. The standard InChI is InChI=1S/C20H29N5OS/c1-16(2)23-11-13-24(14-12-23)19(26)15-22-7-9-25(10-8-22)20-21-17-5-3-4-6-18(17)27-20/h3-6,16H,7-15H2,1-2H3. The highest BCUT2D eigenvalue weighted by Gasteiger charge is 2.26. The zero-order chi connectivity index (χ0) is 18.8. The minimum Gasteiger partial charge on any atom is -0.345 e. The second-order valence-corrected chi connectivity index (χ2v) is 8.75. The number of amides is 1. The molecule has 1 amide bonds. The lowest BCUT2D eigenvalue weighted by molar-refractivity contribution is -0.134. The van der Waals surface area contributed by atoms with Gasteiger partial charge in [0.1, 0.15) is 0 Å². The van der Waals surface area contributed by atoms with Crippen molar-refractivity contribution in [1.29, 1.82) is 0 Å². The molecule has 0 unspecified atom stereocenters. The maximum Gasteiger partial charge on any atom is 0.236 e. The molecule has 0 aliphatic carbocycles. The summed E-state index contributed by atoms with van der Waals surface area (Å²) in [5.41, 5.74) is 1.08. The Hall–Kier alpha value is -1.70. The molecule has 7 heteroatoms. The largest absolute Gasteiger partial charge is 0.345 e. The maximum atomic E-state index is 12.7. The van der Waals surface area contributed by atoms with Crippen molar-refractivity contribution in [3.63, 3.8) is 0 Å². The van der Waals surface area contributed by atoms with Crippen molar-refractivity contribution in [3.8, 4) is 0 Å². The van der Waals surface area contributed by atoms with Crippen LogP contribution in [0.15, 0.2) is 24.3 Å². The summed E-state index contributed by atoms with van der Waals surface area (Å²) in [4.78, 5) is 26.5. The van der Waals surface area contributed by atoms with Crippen molar-refractivity contribution in [2.24, 2.45) is 0 Å². The summed E-state index contributed by atoms with van der Waals surface area (Å²) in [5.74, 6) is 0.284. The van der Waals surface area contributed by atoms with Crippen molar-refractivity contribution in [2.45, 2.75) is 19.9 Å². The van der Waals surface area contributed by atoms with Crippen LogP contribution in [-0.2, 0) is 4.79 Å². The van der Waals surface area contributed by atoms with E-state index in [0.717, 1.165) is 63.0 Å². The summed E-state index contributed by atoms with van der Waals surface area (Å²) in [7, 11) is 0. The van der Waals surface area contributed by atoms with Crippen LogP contribution in [0.2, 0.25) is 0 Å². The molecule has 2 aromatic rings. The van der Waals surface area contributed by atoms with E-state index in [-0.39, 0.29) is 5.91 Å². The van der Waals surface area contributed by atoms with Crippen LogP contribution in [0.3, 0.4) is 0 Å². The predicted octanol–water partition coefficient (Wildman–Crippen LogP) is 1.97. The van der Waals surface area contributed by atoms with Crippen LogP contribution < -0.4 is 4.90 Å². The van der Waals surface area contributed by atoms with Crippen LogP contribution in [-0.4, -0.2) is 90.5 Å². The topological polar surface area (TPSA) is 42.9 Å². The monoisotopic (exact) mass is 387 g/mol. The van der Waals surface area contributed by atoms with E-state index in [4.69, 9.17) is 4.98 Å². The van der Waals surface area contributed by atoms with Crippen LogP contribution in [0, 0.1) is 0 Å². The predicted molar refractivity (Wildman–Crippen MR) is 112 cm³/mol. The number of hydrogen-bond donors (Lipinski definition) is 0. The first-order chi connectivity index (χ1) is 13.1. The number of carbonyl (C=O) groups is 1. The number of aromatic nitrogens is 1. The Morgan fingerprint density at radius 3 is 2.41 bits per heavy atom. The highest BCUT2D eigenvalue weighted by molar-refractivity contribution is 7.22. The quantitative estimate of drug-likeness (QED) is 0.803. The average Bonchev–Trinajstić information content (AvgIpc) is 3.13. The first-order valence-electron chi connectivity index (χ1n) is 9.95. The maximum absolute atomic E-state index is 12.7. The van der Waals surface area contributed by atoms with Crippen molar-refractivity contribution in [1.82, 2.24) is 19.7 Å². The number of carbonyl (C=O) groups excluding carboxylic acids is 1. The van der Waals surface area contributed by atoms with E-state index >= 15 is 0 Å².